The van der Waals surface area contributed by atoms with Crippen LogP contribution in [0.5, 0.6) is 0 Å². The molecule has 0 fully saturated rings. The lowest BCUT2D eigenvalue weighted by molar-refractivity contribution is 0.946. The lowest BCUT2D eigenvalue weighted by atomic mass is 10.9. The van der Waals surface area contributed by atoms with E-state index in [1.54, 1.807) is 15.3 Å². The molecule has 1 N–H and O–H groups in total. The van der Waals surface area contributed by atoms with Crippen molar-refractivity contribution in [2.24, 2.45) is 0 Å². The molecule has 11 heavy (non-hydrogen) atoms. The molecule has 2 aromatic heterocycles. The number of halogens is 1. The fourth-order valence-electron chi connectivity index (χ4n) is 1.02. The number of imidazole rings is 2. The molecule has 0 aromatic carbocycles. The van der Waals surface area contributed by atoms with Crippen LogP contribution in [0.15, 0.2) is 18.6 Å². The van der Waals surface area contributed by atoms with Gasteiger partial charge in [0.1, 0.15) is 5.15 Å². The van der Waals surface area contributed by atoms with Crippen molar-refractivity contribution in [1.82, 2.24) is 14.1 Å². The quantitative estimate of drug-likeness (QED) is 0.692. The summed E-state index contributed by atoms with van der Waals surface area (Å²) in [5.74, 6) is 0.789. The Labute approximate surface area is 68.4 Å². The summed E-state index contributed by atoms with van der Waals surface area (Å²) in [5.41, 5.74) is 2.94. The summed E-state index contributed by atoms with van der Waals surface area (Å²) in [6.07, 6.45) is 5.32. The lowest BCUT2D eigenvalue weighted by Crippen LogP contribution is -2.07. The van der Waals surface area contributed by atoms with Gasteiger partial charge in [-0.3, -0.25) is 4.40 Å². The predicted octanol–water partition coefficient (Wildman–Crippen LogP) is 0.962. The molecule has 58 valence electrons. The smallest absolute Gasteiger partial charge is 0.234 e. The van der Waals surface area contributed by atoms with E-state index in [4.69, 9.17) is 11.6 Å². The highest BCUT2D eigenvalue weighted by molar-refractivity contribution is 6.29. The Bertz CT molecular complexity index is 375. The molecule has 0 aliphatic carbocycles. The maximum atomic E-state index is 5.80. The summed E-state index contributed by atoms with van der Waals surface area (Å²) in [6.45, 7) is 0. The number of hydrogen-bond acceptors (Lipinski definition) is 2. The van der Waals surface area contributed by atoms with Gasteiger partial charge in [-0.25, -0.2) is 9.66 Å². The average molecular weight is 171 g/mol. The van der Waals surface area contributed by atoms with E-state index in [0.29, 0.717) is 5.15 Å². The zero-order chi connectivity index (χ0) is 7.84. The zero-order valence-electron chi connectivity index (χ0n) is 5.95. The maximum absolute atomic E-state index is 5.80. The van der Waals surface area contributed by atoms with Gasteiger partial charge >= 0.3 is 0 Å². The van der Waals surface area contributed by atoms with E-state index in [-0.39, 0.29) is 0 Å². The number of nitrogens with one attached hydrogen (secondary N) is 1. The Morgan fingerprint density at radius 3 is 3.09 bits per heavy atom. The molecule has 0 atom stereocenters. The van der Waals surface area contributed by atoms with Gasteiger partial charge in [0.25, 0.3) is 0 Å². The molecular weight excluding hydrogens is 164 g/mol. The number of hydrogen-bond donors (Lipinski definition) is 1. The van der Waals surface area contributed by atoms with Crippen molar-refractivity contribution in [3.8, 4) is 0 Å². The summed E-state index contributed by atoms with van der Waals surface area (Å²) in [7, 11) is 1.82. The summed E-state index contributed by atoms with van der Waals surface area (Å²) < 4.78 is 3.57. The standard InChI is InChI=1S/C6H7ClN4/c1-8-11-3-2-10-5(7)4-9-6(10)11/h2-4,8H,1H3. The first-order valence-corrected chi connectivity index (χ1v) is 3.58. The monoisotopic (exact) mass is 170 g/mol. The van der Waals surface area contributed by atoms with Crippen LogP contribution in [-0.2, 0) is 0 Å². The summed E-state index contributed by atoms with van der Waals surface area (Å²) >= 11 is 5.80. The van der Waals surface area contributed by atoms with Crippen LogP contribution >= 0.6 is 11.6 Å². The summed E-state index contributed by atoms with van der Waals surface area (Å²) in [6, 6.07) is 0. The van der Waals surface area contributed by atoms with Crippen LogP contribution in [0.2, 0.25) is 5.15 Å². The predicted molar refractivity (Wildman–Crippen MR) is 43.5 cm³/mol. The van der Waals surface area contributed by atoms with Crippen LogP contribution in [0.1, 0.15) is 0 Å². The highest BCUT2D eigenvalue weighted by Gasteiger charge is 2.03. The van der Waals surface area contributed by atoms with E-state index < -0.39 is 0 Å². The molecule has 0 saturated heterocycles. The van der Waals surface area contributed by atoms with Gasteiger partial charge in [0.15, 0.2) is 0 Å². The molecule has 5 heteroatoms. The Hall–Kier alpha value is -1.16. The average Bonchev–Trinajstić information content (AvgIpc) is 2.53. The fraction of sp³-hybridized carbons (Fsp3) is 0.167. The molecule has 2 aromatic rings. The second-order valence-corrected chi connectivity index (χ2v) is 2.53. The van der Waals surface area contributed by atoms with E-state index in [9.17, 15) is 0 Å². The first-order valence-electron chi connectivity index (χ1n) is 3.20. The van der Waals surface area contributed by atoms with Crippen molar-refractivity contribution in [2.45, 2.75) is 0 Å². The van der Waals surface area contributed by atoms with Gasteiger partial charge in [-0.05, 0) is 0 Å². The van der Waals surface area contributed by atoms with Gasteiger partial charge in [-0.2, -0.15) is 0 Å². The van der Waals surface area contributed by atoms with Crippen LogP contribution in [-0.4, -0.2) is 21.1 Å². The fourth-order valence-corrected chi connectivity index (χ4v) is 1.20. The lowest BCUT2D eigenvalue weighted by Gasteiger charge is -1.96. The minimum absolute atomic E-state index is 0.619. The Morgan fingerprint density at radius 2 is 2.36 bits per heavy atom. The van der Waals surface area contributed by atoms with Crippen LogP contribution in [0.3, 0.4) is 0 Å². The van der Waals surface area contributed by atoms with Crippen molar-refractivity contribution in [3.63, 3.8) is 0 Å². The zero-order valence-corrected chi connectivity index (χ0v) is 6.71. The summed E-state index contributed by atoms with van der Waals surface area (Å²) in [5, 5.41) is 0.619. The molecule has 0 spiro atoms. The van der Waals surface area contributed by atoms with E-state index in [0.717, 1.165) is 5.78 Å². The van der Waals surface area contributed by atoms with Crippen molar-refractivity contribution in [3.05, 3.63) is 23.7 Å². The Morgan fingerprint density at radius 1 is 1.55 bits per heavy atom. The molecule has 0 aliphatic rings. The van der Waals surface area contributed by atoms with Gasteiger partial charge in [-0.15, -0.1) is 0 Å². The van der Waals surface area contributed by atoms with Crippen LogP contribution < -0.4 is 5.43 Å². The third-order valence-electron chi connectivity index (χ3n) is 1.55. The molecule has 0 amide bonds. The maximum Gasteiger partial charge on any atom is 0.234 e. The third kappa shape index (κ3) is 0.793. The van der Waals surface area contributed by atoms with Crippen molar-refractivity contribution < 1.29 is 0 Å². The van der Waals surface area contributed by atoms with Gasteiger partial charge in [-0.1, -0.05) is 11.6 Å². The van der Waals surface area contributed by atoms with E-state index in [2.05, 4.69) is 10.4 Å². The molecule has 0 aliphatic heterocycles. The van der Waals surface area contributed by atoms with Gasteiger partial charge < -0.3 is 5.43 Å². The highest BCUT2D eigenvalue weighted by atomic mass is 35.5. The largest absolute Gasteiger partial charge is 0.326 e. The van der Waals surface area contributed by atoms with Gasteiger partial charge in [0, 0.05) is 19.4 Å². The Kier molecular flexibility index (Phi) is 1.29. The van der Waals surface area contributed by atoms with Crippen LogP contribution in [0.25, 0.3) is 5.78 Å². The number of nitrogens with zero attached hydrogens (tertiary/aromatic N) is 3. The molecule has 0 unspecified atom stereocenters. The van der Waals surface area contributed by atoms with E-state index in [1.165, 1.54) is 0 Å². The second kappa shape index (κ2) is 2.17. The van der Waals surface area contributed by atoms with Crippen molar-refractivity contribution >= 4 is 17.4 Å². The Balaban J connectivity index is 2.77. The topological polar surface area (TPSA) is 34.3 Å². The SMILES string of the molecule is CNn1ccn2c(Cl)cnc12. The molecule has 0 saturated carbocycles. The molecule has 4 nitrogen and oxygen atoms in total. The van der Waals surface area contributed by atoms with E-state index >= 15 is 0 Å². The van der Waals surface area contributed by atoms with Crippen molar-refractivity contribution in [1.29, 1.82) is 0 Å². The van der Waals surface area contributed by atoms with Crippen LogP contribution in [0.4, 0.5) is 0 Å². The minimum Gasteiger partial charge on any atom is -0.326 e. The number of aromatic nitrogens is 3. The minimum atomic E-state index is 0.619. The number of rotatable bonds is 1. The molecular formula is C6H7ClN4. The first-order chi connectivity index (χ1) is 5.33. The molecule has 0 bridgehead atoms. The van der Waals surface area contributed by atoms with Crippen LogP contribution in [0, 0.1) is 0 Å². The van der Waals surface area contributed by atoms with E-state index in [1.807, 2.05) is 19.4 Å². The van der Waals surface area contributed by atoms with Gasteiger partial charge in [0.05, 0.1) is 6.20 Å². The van der Waals surface area contributed by atoms with Gasteiger partial charge in [0.2, 0.25) is 5.78 Å². The second-order valence-electron chi connectivity index (χ2n) is 2.14. The normalized spacial score (nSPS) is 10.7. The third-order valence-corrected chi connectivity index (χ3v) is 1.83. The molecule has 2 rings (SSSR count). The van der Waals surface area contributed by atoms with Crippen molar-refractivity contribution in [2.75, 3.05) is 12.5 Å². The molecule has 0 radical (unpaired) electrons. The first kappa shape index (κ1) is 6.54. The highest BCUT2D eigenvalue weighted by Crippen LogP contribution is 2.10. The molecule has 2 heterocycles. The number of fused-ring (bicyclic) bond motifs is 1. The summed E-state index contributed by atoms with van der Waals surface area (Å²) in [4.78, 5) is 4.08.